The fourth-order valence-corrected chi connectivity index (χ4v) is 8.49. The molecular weight excluding hydrogens is 240 g/mol. The van der Waals surface area contributed by atoms with Crippen LogP contribution in [-0.4, -0.2) is 0 Å². The van der Waals surface area contributed by atoms with Crippen molar-refractivity contribution in [3.63, 3.8) is 0 Å². The Balaban J connectivity index is 1.54. The topological polar surface area (TPSA) is 0 Å². The van der Waals surface area contributed by atoms with E-state index >= 15 is 0 Å². The van der Waals surface area contributed by atoms with Gasteiger partial charge in [-0.1, -0.05) is 26.7 Å². The Kier molecular flexibility index (Phi) is 2.30. The van der Waals surface area contributed by atoms with Gasteiger partial charge in [-0.25, -0.2) is 0 Å². The molecule has 5 fully saturated rings. The Labute approximate surface area is 125 Å². The Morgan fingerprint density at radius 1 is 0.700 bits per heavy atom. The van der Waals surface area contributed by atoms with Gasteiger partial charge in [0, 0.05) is 0 Å². The van der Waals surface area contributed by atoms with Gasteiger partial charge in [0.2, 0.25) is 0 Å². The maximum absolute atomic E-state index is 2.72. The lowest BCUT2D eigenvalue weighted by Crippen LogP contribution is -2.53. The van der Waals surface area contributed by atoms with Crippen molar-refractivity contribution in [1.82, 2.24) is 0 Å². The molecule has 5 rings (SSSR count). The van der Waals surface area contributed by atoms with Crippen molar-refractivity contribution in [3.8, 4) is 0 Å². The second-order valence-electron chi connectivity index (χ2n) is 9.82. The van der Waals surface area contributed by atoms with Crippen LogP contribution in [0.1, 0.15) is 84.5 Å². The zero-order valence-electron chi connectivity index (χ0n) is 13.6. The third kappa shape index (κ3) is 1.23. The standard InChI is InChI=1S/C20H32/c1-18-11-8-15-13-20(15,18)17-7-6-14-5-3-4-10-19(14,2)16(17)9-12-18/h14-17H,3-13H2,1-2H3/t14?,15?,16?,17?,18-,19-,20?/m0/s1. The Morgan fingerprint density at radius 2 is 1.55 bits per heavy atom. The van der Waals surface area contributed by atoms with Crippen molar-refractivity contribution in [2.75, 3.05) is 0 Å². The monoisotopic (exact) mass is 272 g/mol. The van der Waals surface area contributed by atoms with E-state index in [4.69, 9.17) is 0 Å². The molecule has 7 atom stereocenters. The molecule has 0 aromatic carbocycles. The fourth-order valence-electron chi connectivity index (χ4n) is 8.49. The summed E-state index contributed by atoms with van der Waals surface area (Å²) in [6.07, 6.45) is 17.3. The Hall–Kier alpha value is 0. The van der Waals surface area contributed by atoms with Crippen LogP contribution in [0.5, 0.6) is 0 Å². The first-order chi connectivity index (χ1) is 9.60. The normalized spacial score (nSPS) is 63.9. The van der Waals surface area contributed by atoms with Crippen molar-refractivity contribution in [3.05, 3.63) is 0 Å². The van der Waals surface area contributed by atoms with Crippen LogP contribution in [0.2, 0.25) is 0 Å². The quantitative estimate of drug-likeness (QED) is 0.522. The molecule has 0 nitrogen and oxygen atoms in total. The Bertz CT molecular complexity index is 439. The maximum Gasteiger partial charge on any atom is -0.0181 e. The van der Waals surface area contributed by atoms with Gasteiger partial charge in [0.1, 0.15) is 0 Å². The summed E-state index contributed by atoms with van der Waals surface area (Å²) in [5.74, 6) is 4.49. The molecule has 0 heteroatoms. The van der Waals surface area contributed by atoms with Gasteiger partial charge in [0.25, 0.3) is 0 Å². The predicted molar refractivity (Wildman–Crippen MR) is 83.4 cm³/mol. The first kappa shape index (κ1) is 12.5. The number of hydrogen-bond donors (Lipinski definition) is 0. The molecule has 1 spiro atoms. The van der Waals surface area contributed by atoms with Gasteiger partial charge in [-0.3, -0.25) is 0 Å². The second kappa shape index (κ2) is 3.66. The van der Waals surface area contributed by atoms with E-state index in [0.717, 1.165) is 39.9 Å². The SMILES string of the molecule is C[C@]12CCCCC1CCC1C2CC[C@]2(C)CCC3CC312. The molecule has 0 N–H and O–H groups in total. The van der Waals surface area contributed by atoms with E-state index in [1.807, 2.05) is 0 Å². The molecule has 5 unspecified atom stereocenters. The number of rotatable bonds is 0. The summed E-state index contributed by atoms with van der Waals surface area (Å²) in [4.78, 5) is 0. The van der Waals surface area contributed by atoms with Crippen LogP contribution in [0.3, 0.4) is 0 Å². The van der Waals surface area contributed by atoms with Gasteiger partial charge in [-0.05, 0) is 97.7 Å². The Morgan fingerprint density at radius 3 is 2.40 bits per heavy atom. The summed E-state index contributed by atoms with van der Waals surface area (Å²) in [6.45, 7) is 5.41. The van der Waals surface area contributed by atoms with Crippen LogP contribution >= 0.6 is 0 Å². The second-order valence-corrected chi connectivity index (χ2v) is 9.82. The average Bonchev–Trinajstić information content (AvgIpc) is 3.10. The van der Waals surface area contributed by atoms with Crippen molar-refractivity contribution in [1.29, 1.82) is 0 Å². The summed E-state index contributed by atoms with van der Waals surface area (Å²) >= 11 is 0. The minimum Gasteiger partial charge on any atom is -0.0591 e. The largest absolute Gasteiger partial charge is 0.0591 e. The van der Waals surface area contributed by atoms with Crippen LogP contribution in [0.25, 0.3) is 0 Å². The summed E-state index contributed by atoms with van der Waals surface area (Å²) < 4.78 is 0. The molecule has 0 aliphatic heterocycles. The van der Waals surface area contributed by atoms with Gasteiger partial charge in [-0.15, -0.1) is 0 Å². The van der Waals surface area contributed by atoms with Gasteiger partial charge < -0.3 is 0 Å². The summed E-state index contributed by atoms with van der Waals surface area (Å²) in [6, 6.07) is 0. The predicted octanol–water partition coefficient (Wildman–Crippen LogP) is 5.81. The molecule has 0 heterocycles. The van der Waals surface area contributed by atoms with E-state index in [-0.39, 0.29) is 0 Å². The summed E-state index contributed by atoms with van der Waals surface area (Å²) in [5.41, 5.74) is 2.35. The first-order valence-corrected chi connectivity index (χ1v) is 9.60. The maximum atomic E-state index is 2.72. The smallest absolute Gasteiger partial charge is 0.0181 e. The van der Waals surface area contributed by atoms with Crippen LogP contribution in [0, 0.1) is 39.9 Å². The van der Waals surface area contributed by atoms with E-state index in [1.165, 1.54) is 12.8 Å². The fraction of sp³-hybridized carbons (Fsp3) is 1.00. The molecule has 5 aliphatic rings. The van der Waals surface area contributed by atoms with Gasteiger partial charge in [-0.2, -0.15) is 0 Å². The third-order valence-corrected chi connectivity index (χ3v) is 9.60. The van der Waals surface area contributed by atoms with Crippen LogP contribution in [0.4, 0.5) is 0 Å². The lowest BCUT2D eigenvalue weighted by atomic mass is 9.44. The lowest BCUT2D eigenvalue weighted by molar-refractivity contribution is -0.119. The molecule has 112 valence electrons. The minimum absolute atomic E-state index is 0.743. The molecule has 0 radical (unpaired) electrons. The molecule has 5 saturated carbocycles. The van der Waals surface area contributed by atoms with E-state index in [9.17, 15) is 0 Å². The van der Waals surface area contributed by atoms with Crippen LogP contribution in [-0.2, 0) is 0 Å². The van der Waals surface area contributed by atoms with Gasteiger partial charge in [0.15, 0.2) is 0 Å². The molecule has 0 aromatic heterocycles. The number of fused-ring (bicyclic) bond motifs is 3. The van der Waals surface area contributed by atoms with E-state index < -0.39 is 0 Å². The highest BCUT2D eigenvalue weighted by Gasteiger charge is 2.74. The van der Waals surface area contributed by atoms with Crippen LogP contribution < -0.4 is 0 Å². The van der Waals surface area contributed by atoms with Crippen LogP contribution in [0.15, 0.2) is 0 Å². The van der Waals surface area contributed by atoms with Crippen molar-refractivity contribution >= 4 is 0 Å². The molecule has 0 bridgehead atoms. The zero-order chi connectivity index (χ0) is 13.6. The highest BCUT2D eigenvalue weighted by Crippen LogP contribution is 2.82. The highest BCUT2D eigenvalue weighted by molar-refractivity contribution is 5.23. The van der Waals surface area contributed by atoms with Crippen molar-refractivity contribution in [2.45, 2.75) is 84.5 Å². The molecule has 5 aliphatic carbocycles. The van der Waals surface area contributed by atoms with Crippen molar-refractivity contribution < 1.29 is 0 Å². The molecule has 0 saturated heterocycles. The van der Waals surface area contributed by atoms with Crippen molar-refractivity contribution in [2.24, 2.45) is 39.9 Å². The van der Waals surface area contributed by atoms with E-state index in [2.05, 4.69) is 13.8 Å². The summed E-state index contributed by atoms with van der Waals surface area (Å²) in [5, 5.41) is 0. The minimum atomic E-state index is 0.743. The van der Waals surface area contributed by atoms with E-state index in [0.29, 0.717) is 0 Å². The van der Waals surface area contributed by atoms with E-state index in [1.54, 1.807) is 57.8 Å². The summed E-state index contributed by atoms with van der Waals surface area (Å²) in [7, 11) is 0. The zero-order valence-corrected chi connectivity index (χ0v) is 13.6. The van der Waals surface area contributed by atoms with Gasteiger partial charge >= 0.3 is 0 Å². The number of hydrogen-bond acceptors (Lipinski definition) is 0. The van der Waals surface area contributed by atoms with Gasteiger partial charge in [0.05, 0.1) is 0 Å². The first-order valence-electron chi connectivity index (χ1n) is 9.60. The lowest BCUT2D eigenvalue weighted by Gasteiger charge is -2.61. The molecule has 0 amide bonds. The average molecular weight is 272 g/mol. The molecule has 20 heavy (non-hydrogen) atoms. The third-order valence-electron chi connectivity index (χ3n) is 9.60. The highest BCUT2D eigenvalue weighted by atomic mass is 14.8. The molecule has 0 aromatic rings. The molecular formula is C20H32.